The molecule has 1 aromatic heterocycles. The van der Waals surface area contributed by atoms with Crippen LogP contribution in [-0.4, -0.2) is 72.6 Å². The largest absolute Gasteiger partial charge is 0.493 e. The zero-order valence-corrected chi connectivity index (χ0v) is 29.4. The van der Waals surface area contributed by atoms with Crippen molar-refractivity contribution in [3.8, 4) is 28.4 Å². The van der Waals surface area contributed by atoms with E-state index >= 15 is 0 Å². The summed E-state index contributed by atoms with van der Waals surface area (Å²) in [6, 6.07) is 13.7. The van der Waals surface area contributed by atoms with Gasteiger partial charge in [0.15, 0.2) is 11.5 Å². The number of thioether (sulfide) groups is 1. The molecule has 2 heterocycles. The maximum absolute atomic E-state index is 14.3. The highest BCUT2D eigenvalue weighted by Gasteiger charge is 2.36. The number of anilines is 1. The first-order valence-electron chi connectivity index (χ1n) is 16.6. The number of fused-ring (bicyclic) bond motifs is 4. The summed E-state index contributed by atoms with van der Waals surface area (Å²) in [4.78, 5) is 50.9. The van der Waals surface area contributed by atoms with Gasteiger partial charge in [-0.25, -0.2) is 4.98 Å². The predicted octanol–water partition coefficient (Wildman–Crippen LogP) is 5.64. The molecule has 1 fully saturated rings. The average Bonchev–Trinajstić information content (AvgIpc) is 3.70. The molecule has 258 valence electrons. The number of benzene rings is 2. The zero-order valence-electron chi connectivity index (χ0n) is 28.6. The van der Waals surface area contributed by atoms with Crippen molar-refractivity contribution in [2.45, 2.75) is 57.2 Å². The van der Waals surface area contributed by atoms with E-state index < -0.39 is 12.1 Å². The van der Waals surface area contributed by atoms with Crippen LogP contribution in [0, 0.1) is 0 Å². The van der Waals surface area contributed by atoms with Crippen LogP contribution in [0.2, 0.25) is 0 Å². The number of aromatic amines is 1. The Labute approximate surface area is 290 Å². The van der Waals surface area contributed by atoms with E-state index in [4.69, 9.17) is 19.2 Å². The predicted molar refractivity (Wildman–Crippen MR) is 193 cm³/mol. The van der Waals surface area contributed by atoms with Gasteiger partial charge in [-0.2, -0.15) is 11.8 Å². The van der Waals surface area contributed by atoms with Crippen molar-refractivity contribution in [2.75, 3.05) is 45.2 Å². The van der Waals surface area contributed by atoms with E-state index in [0.29, 0.717) is 54.3 Å². The number of H-pyrrole nitrogens is 1. The van der Waals surface area contributed by atoms with Crippen LogP contribution in [0.15, 0.2) is 53.3 Å². The number of hydrogen-bond acceptors (Lipinski definition) is 9. The van der Waals surface area contributed by atoms with Gasteiger partial charge in [-0.05, 0) is 91.1 Å². The number of nitrogens with zero attached hydrogens (tertiary/aromatic N) is 2. The quantitative estimate of drug-likeness (QED) is 0.184. The standard InChI is InChI=1S/C37H43N5O6S/c1-21(43)38-25-14-12-22-19-32(46-2)34(47-3)35(48-4)33(22)23-13-15-28(31(44)20-24(23)25)39-29(16-18-49-5)37(45)42-17-8-11-30(42)36-40-26-9-6-7-10-27(26)41-36/h6-7,9-10,13,15,19-20,25,29-30H,8,11-12,14,16-18H2,1-5H3,(H,38,43)(H,39,44)(H,40,41)/t25-,29-,30-/m1/s1. The summed E-state index contributed by atoms with van der Waals surface area (Å²) >= 11 is 1.65. The molecule has 4 aromatic rings. The Hall–Kier alpha value is -4.71. The highest BCUT2D eigenvalue weighted by Crippen LogP contribution is 2.50. The number of rotatable bonds is 11. The number of amides is 2. The Morgan fingerprint density at radius 2 is 1.86 bits per heavy atom. The van der Waals surface area contributed by atoms with Crippen LogP contribution in [-0.2, 0) is 16.0 Å². The van der Waals surface area contributed by atoms with Crippen LogP contribution in [0.5, 0.6) is 17.2 Å². The Kier molecular flexibility index (Phi) is 10.3. The molecule has 3 atom stereocenters. The molecule has 1 saturated heterocycles. The number of nitrogens with one attached hydrogen (secondary N) is 3. The van der Waals surface area contributed by atoms with E-state index in [-0.39, 0.29) is 23.3 Å². The van der Waals surface area contributed by atoms with Gasteiger partial charge in [0.25, 0.3) is 0 Å². The monoisotopic (exact) mass is 685 g/mol. The third kappa shape index (κ3) is 6.79. The lowest BCUT2D eigenvalue weighted by Gasteiger charge is -2.28. The summed E-state index contributed by atoms with van der Waals surface area (Å²) in [5, 5.41) is 6.40. The molecular formula is C37H43N5O6S. The second-order valence-corrected chi connectivity index (χ2v) is 13.4. The maximum Gasteiger partial charge on any atom is 0.245 e. The number of ether oxygens (including phenoxy) is 3. The number of hydrogen-bond donors (Lipinski definition) is 3. The molecule has 0 unspecified atom stereocenters. The van der Waals surface area contributed by atoms with Crippen LogP contribution in [0.1, 0.15) is 61.6 Å². The SMILES string of the molecule is COc1cc2c(c(OC)c1OC)-c1ccc(N[C@H](CCSC)C(=O)N3CCC[C@@H]3c3nc4ccccc4[nH]3)c(=O)cc1[C@H](NC(C)=O)CC2. The fourth-order valence-corrected chi connectivity index (χ4v) is 7.62. The third-order valence-corrected chi connectivity index (χ3v) is 10.1. The molecule has 12 heteroatoms. The highest BCUT2D eigenvalue weighted by atomic mass is 32.2. The van der Waals surface area contributed by atoms with Gasteiger partial charge in [-0.15, -0.1) is 0 Å². The number of carbonyl (C=O) groups excluding carboxylic acids is 2. The molecule has 3 aromatic carbocycles. The summed E-state index contributed by atoms with van der Waals surface area (Å²) in [6.07, 6.45) is 5.36. The van der Waals surface area contributed by atoms with E-state index in [1.54, 1.807) is 45.2 Å². The average molecular weight is 686 g/mol. The van der Waals surface area contributed by atoms with Crippen molar-refractivity contribution in [1.29, 1.82) is 0 Å². The van der Waals surface area contributed by atoms with Crippen molar-refractivity contribution < 1.29 is 23.8 Å². The topological polar surface area (TPSA) is 135 Å². The smallest absolute Gasteiger partial charge is 0.245 e. The zero-order chi connectivity index (χ0) is 34.7. The highest BCUT2D eigenvalue weighted by molar-refractivity contribution is 7.98. The number of carbonyl (C=O) groups is 2. The molecule has 1 aliphatic carbocycles. The lowest BCUT2D eigenvalue weighted by atomic mass is 9.95. The van der Waals surface area contributed by atoms with Crippen LogP contribution >= 0.6 is 11.8 Å². The Morgan fingerprint density at radius 3 is 2.57 bits per heavy atom. The van der Waals surface area contributed by atoms with E-state index in [2.05, 4.69) is 15.6 Å². The van der Waals surface area contributed by atoms with Gasteiger partial charge in [0.1, 0.15) is 11.9 Å². The number of para-hydroxylation sites is 2. The van der Waals surface area contributed by atoms with E-state index in [1.807, 2.05) is 47.6 Å². The Morgan fingerprint density at radius 1 is 1.06 bits per heavy atom. The van der Waals surface area contributed by atoms with Gasteiger partial charge < -0.3 is 34.7 Å². The van der Waals surface area contributed by atoms with E-state index in [1.165, 1.54) is 6.92 Å². The van der Waals surface area contributed by atoms with Crippen molar-refractivity contribution in [2.24, 2.45) is 0 Å². The molecule has 3 N–H and O–H groups in total. The van der Waals surface area contributed by atoms with Gasteiger partial charge in [0, 0.05) is 19.0 Å². The minimum Gasteiger partial charge on any atom is -0.493 e. The normalized spacial score (nSPS) is 17.4. The number of likely N-dealkylation sites (tertiary alicyclic amines) is 1. The van der Waals surface area contributed by atoms with Crippen molar-refractivity contribution >= 4 is 40.3 Å². The molecule has 0 radical (unpaired) electrons. The molecule has 49 heavy (non-hydrogen) atoms. The fraction of sp³-hybridized carbons (Fsp3) is 0.405. The Bertz CT molecular complexity index is 1900. The lowest BCUT2D eigenvalue weighted by Crippen LogP contribution is -2.43. The van der Waals surface area contributed by atoms with Crippen molar-refractivity contribution in [3.05, 3.63) is 75.7 Å². The maximum atomic E-state index is 14.3. The molecule has 2 aliphatic rings. The first kappa shape index (κ1) is 34.2. The van der Waals surface area contributed by atoms with Crippen molar-refractivity contribution in [3.63, 3.8) is 0 Å². The number of aromatic nitrogens is 2. The third-order valence-electron chi connectivity index (χ3n) is 9.41. The fourth-order valence-electron chi connectivity index (χ4n) is 7.15. The van der Waals surface area contributed by atoms with Gasteiger partial charge >= 0.3 is 0 Å². The molecule has 0 saturated carbocycles. The molecule has 0 spiro atoms. The molecule has 0 bridgehead atoms. The van der Waals surface area contributed by atoms with Gasteiger partial charge in [-0.1, -0.05) is 18.2 Å². The van der Waals surface area contributed by atoms with E-state index in [0.717, 1.165) is 52.1 Å². The first-order valence-corrected chi connectivity index (χ1v) is 17.9. The summed E-state index contributed by atoms with van der Waals surface area (Å²) < 4.78 is 17.3. The second kappa shape index (κ2) is 14.8. The van der Waals surface area contributed by atoms with Crippen LogP contribution in [0.25, 0.3) is 22.2 Å². The van der Waals surface area contributed by atoms with Gasteiger partial charge in [0.2, 0.25) is 23.0 Å². The number of aryl methyl sites for hydroxylation is 1. The minimum absolute atomic E-state index is 0.0653. The number of methoxy groups -OCH3 is 3. The minimum atomic E-state index is -0.635. The second-order valence-electron chi connectivity index (χ2n) is 12.4. The van der Waals surface area contributed by atoms with Crippen molar-refractivity contribution in [1.82, 2.24) is 20.2 Å². The molecule has 2 amide bonds. The van der Waals surface area contributed by atoms with Gasteiger partial charge in [0.05, 0.1) is 50.1 Å². The van der Waals surface area contributed by atoms with Crippen LogP contribution < -0.4 is 30.3 Å². The lowest BCUT2D eigenvalue weighted by molar-refractivity contribution is -0.133. The van der Waals surface area contributed by atoms with E-state index in [9.17, 15) is 14.4 Å². The number of imidazole rings is 1. The molecule has 11 nitrogen and oxygen atoms in total. The molecular weight excluding hydrogens is 643 g/mol. The van der Waals surface area contributed by atoms with Gasteiger partial charge in [-0.3, -0.25) is 14.4 Å². The summed E-state index contributed by atoms with van der Waals surface area (Å²) in [7, 11) is 4.70. The Balaban J connectivity index is 1.41. The van der Waals surface area contributed by atoms with Crippen LogP contribution in [0.3, 0.4) is 0 Å². The summed E-state index contributed by atoms with van der Waals surface area (Å²) in [6.45, 7) is 2.08. The van der Waals surface area contributed by atoms with Crippen LogP contribution in [0.4, 0.5) is 5.69 Å². The first-order chi connectivity index (χ1) is 23.8. The summed E-state index contributed by atoms with van der Waals surface area (Å²) in [5.41, 5.74) is 4.92. The molecule has 1 aliphatic heterocycles. The molecule has 6 rings (SSSR count). The summed E-state index contributed by atoms with van der Waals surface area (Å²) in [5.74, 6) is 2.69.